The Labute approximate surface area is 144 Å². The standard InChI is InChI=1S/C18H19N5O2/c19-16(24)14-10-12-11-6-2-3-7-13(11)20-15(12)17(21-14)22-18(25)23-8-4-1-5-9-23/h2-3,6-7,10,20H,1,4-5,8-9H2,(H2,19,24)(H,21,22,25). The van der Waals surface area contributed by atoms with E-state index in [9.17, 15) is 9.59 Å². The number of carbonyl (C=O) groups excluding carboxylic acids is 2. The number of hydrogen-bond donors (Lipinski definition) is 3. The van der Waals surface area contributed by atoms with Crippen LogP contribution in [0.5, 0.6) is 0 Å². The number of piperidine rings is 1. The van der Waals surface area contributed by atoms with E-state index in [2.05, 4.69) is 15.3 Å². The van der Waals surface area contributed by atoms with Gasteiger partial charge in [-0.15, -0.1) is 0 Å². The summed E-state index contributed by atoms with van der Waals surface area (Å²) in [5, 5.41) is 4.62. The summed E-state index contributed by atoms with van der Waals surface area (Å²) >= 11 is 0. The van der Waals surface area contributed by atoms with E-state index in [4.69, 9.17) is 5.73 Å². The molecule has 3 heterocycles. The van der Waals surface area contributed by atoms with Crippen LogP contribution in [-0.2, 0) is 0 Å². The molecule has 4 rings (SSSR count). The average molecular weight is 337 g/mol. The minimum atomic E-state index is -0.624. The Kier molecular flexibility index (Phi) is 3.76. The number of pyridine rings is 1. The molecule has 0 spiro atoms. The highest BCUT2D eigenvalue weighted by Crippen LogP contribution is 2.30. The molecule has 1 aliphatic heterocycles. The van der Waals surface area contributed by atoms with Crippen LogP contribution in [0.1, 0.15) is 29.8 Å². The highest BCUT2D eigenvalue weighted by atomic mass is 16.2. The van der Waals surface area contributed by atoms with Gasteiger partial charge in [0.1, 0.15) is 5.69 Å². The lowest BCUT2D eigenvalue weighted by atomic mass is 10.1. The molecule has 0 saturated carbocycles. The third kappa shape index (κ3) is 2.77. The summed E-state index contributed by atoms with van der Waals surface area (Å²) in [6.45, 7) is 1.47. The second kappa shape index (κ2) is 6.08. The third-order valence-electron chi connectivity index (χ3n) is 4.62. The number of nitrogens with two attached hydrogens (primary N) is 1. The minimum Gasteiger partial charge on any atom is -0.364 e. The fourth-order valence-corrected chi connectivity index (χ4v) is 3.34. The molecule has 1 saturated heterocycles. The van der Waals surface area contributed by atoms with Crippen molar-refractivity contribution in [3.05, 3.63) is 36.0 Å². The number of likely N-dealkylation sites (tertiary alicyclic amines) is 1. The largest absolute Gasteiger partial charge is 0.364 e. The molecular weight excluding hydrogens is 318 g/mol. The van der Waals surface area contributed by atoms with Gasteiger partial charge in [-0.2, -0.15) is 0 Å². The van der Waals surface area contributed by atoms with Crippen LogP contribution < -0.4 is 11.1 Å². The first-order chi connectivity index (χ1) is 12.1. The number of aromatic amines is 1. The molecule has 1 aromatic carbocycles. The highest BCUT2D eigenvalue weighted by Gasteiger charge is 2.20. The summed E-state index contributed by atoms with van der Waals surface area (Å²) in [7, 11) is 0. The van der Waals surface area contributed by atoms with Crippen LogP contribution in [0.3, 0.4) is 0 Å². The van der Waals surface area contributed by atoms with Gasteiger partial charge in [-0.05, 0) is 31.4 Å². The highest BCUT2D eigenvalue weighted by molar-refractivity contribution is 6.13. The number of amides is 3. The Balaban J connectivity index is 1.80. The van der Waals surface area contributed by atoms with Gasteiger partial charge >= 0.3 is 6.03 Å². The number of urea groups is 1. The number of hydrogen-bond acceptors (Lipinski definition) is 3. The van der Waals surface area contributed by atoms with E-state index in [0.717, 1.165) is 48.6 Å². The summed E-state index contributed by atoms with van der Waals surface area (Å²) < 4.78 is 0. The first kappa shape index (κ1) is 15.4. The number of para-hydroxylation sites is 1. The van der Waals surface area contributed by atoms with Crippen LogP contribution in [-0.4, -0.2) is 39.9 Å². The predicted molar refractivity (Wildman–Crippen MR) is 96.6 cm³/mol. The fourth-order valence-electron chi connectivity index (χ4n) is 3.34. The number of nitrogens with one attached hydrogen (secondary N) is 2. The number of benzene rings is 1. The molecule has 128 valence electrons. The maximum atomic E-state index is 12.6. The van der Waals surface area contributed by atoms with Crippen LogP contribution in [0.2, 0.25) is 0 Å². The van der Waals surface area contributed by atoms with E-state index in [1.54, 1.807) is 11.0 Å². The third-order valence-corrected chi connectivity index (χ3v) is 4.62. The van der Waals surface area contributed by atoms with Crippen LogP contribution in [0, 0.1) is 0 Å². The lowest BCUT2D eigenvalue weighted by molar-refractivity contribution is 0.0996. The molecule has 3 aromatic rings. The normalized spacial score (nSPS) is 14.8. The van der Waals surface area contributed by atoms with Gasteiger partial charge in [-0.1, -0.05) is 18.2 Å². The molecular formula is C18H19N5O2. The average Bonchev–Trinajstić information content (AvgIpc) is 3.01. The van der Waals surface area contributed by atoms with Crippen molar-refractivity contribution in [3.63, 3.8) is 0 Å². The molecule has 2 aromatic heterocycles. The van der Waals surface area contributed by atoms with Crippen molar-refractivity contribution in [1.82, 2.24) is 14.9 Å². The summed E-state index contributed by atoms with van der Waals surface area (Å²) in [6, 6.07) is 9.20. The van der Waals surface area contributed by atoms with Crippen LogP contribution in [0.25, 0.3) is 21.8 Å². The fraction of sp³-hybridized carbons (Fsp3) is 0.278. The number of anilines is 1. The van der Waals surface area contributed by atoms with Crippen molar-refractivity contribution >= 4 is 39.6 Å². The molecule has 0 bridgehead atoms. The van der Waals surface area contributed by atoms with E-state index in [1.807, 2.05) is 24.3 Å². The molecule has 1 aliphatic rings. The quantitative estimate of drug-likeness (QED) is 0.669. The number of fused-ring (bicyclic) bond motifs is 3. The number of nitrogens with zero attached hydrogens (tertiary/aromatic N) is 2. The van der Waals surface area contributed by atoms with E-state index < -0.39 is 5.91 Å². The number of H-pyrrole nitrogens is 1. The molecule has 0 atom stereocenters. The van der Waals surface area contributed by atoms with E-state index in [-0.39, 0.29) is 11.7 Å². The number of rotatable bonds is 2. The zero-order chi connectivity index (χ0) is 17.4. The van der Waals surface area contributed by atoms with Gasteiger partial charge < -0.3 is 15.6 Å². The molecule has 4 N–H and O–H groups in total. The zero-order valence-corrected chi connectivity index (χ0v) is 13.7. The van der Waals surface area contributed by atoms with Gasteiger partial charge in [0.25, 0.3) is 5.91 Å². The van der Waals surface area contributed by atoms with Gasteiger partial charge in [0.15, 0.2) is 5.82 Å². The molecule has 3 amide bonds. The number of primary amides is 1. The van der Waals surface area contributed by atoms with Crippen LogP contribution in [0.15, 0.2) is 30.3 Å². The smallest absolute Gasteiger partial charge is 0.323 e. The second-order valence-electron chi connectivity index (χ2n) is 6.29. The Hall–Kier alpha value is -3.09. The topological polar surface area (TPSA) is 104 Å². The maximum Gasteiger partial charge on any atom is 0.323 e. The van der Waals surface area contributed by atoms with Crippen molar-refractivity contribution < 1.29 is 9.59 Å². The van der Waals surface area contributed by atoms with Gasteiger partial charge in [0.2, 0.25) is 0 Å². The summed E-state index contributed by atoms with van der Waals surface area (Å²) in [6.07, 6.45) is 3.15. The van der Waals surface area contributed by atoms with Crippen molar-refractivity contribution in [1.29, 1.82) is 0 Å². The van der Waals surface area contributed by atoms with E-state index >= 15 is 0 Å². The summed E-state index contributed by atoms with van der Waals surface area (Å²) in [4.78, 5) is 33.5. The SMILES string of the molecule is NC(=O)c1cc2c([nH]c3ccccc32)c(NC(=O)N2CCCCC2)n1. The van der Waals surface area contributed by atoms with Crippen LogP contribution >= 0.6 is 0 Å². The minimum absolute atomic E-state index is 0.131. The van der Waals surface area contributed by atoms with Gasteiger partial charge in [0, 0.05) is 29.4 Å². The lowest BCUT2D eigenvalue weighted by Crippen LogP contribution is -2.39. The molecule has 0 radical (unpaired) electrons. The summed E-state index contributed by atoms with van der Waals surface area (Å²) in [5.74, 6) is -0.293. The van der Waals surface area contributed by atoms with Crippen molar-refractivity contribution in [2.24, 2.45) is 5.73 Å². The Bertz CT molecular complexity index is 972. The molecule has 1 fully saturated rings. The predicted octanol–water partition coefficient (Wildman–Crippen LogP) is 2.83. The number of carbonyl (C=O) groups is 2. The lowest BCUT2D eigenvalue weighted by Gasteiger charge is -2.26. The van der Waals surface area contributed by atoms with Crippen LogP contribution in [0.4, 0.5) is 10.6 Å². The number of aromatic nitrogens is 2. The Morgan fingerprint density at radius 2 is 1.88 bits per heavy atom. The molecule has 7 nitrogen and oxygen atoms in total. The first-order valence-electron chi connectivity index (χ1n) is 8.40. The first-order valence-corrected chi connectivity index (χ1v) is 8.40. The van der Waals surface area contributed by atoms with Gasteiger partial charge in [0.05, 0.1) is 5.52 Å². The Morgan fingerprint density at radius 3 is 2.64 bits per heavy atom. The van der Waals surface area contributed by atoms with Crippen molar-refractivity contribution in [2.75, 3.05) is 18.4 Å². The van der Waals surface area contributed by atoms with Crippen molar-refractivity contribution in [2.45, 2.75) is 19.3 Å². The maximum absolute atomic E-state index is 12.6. The van der Waals surface area contributed by atoms with E-state index in [0.29, 0.717) is 11.3 Å². The summed E-state index contributed by atoms with van der Waals surface area (Å²) in [5.41, 5.74) is 7.16. The van der Waals surface area contributed by atoms with E-state index in [1.165, 1.54) is 0 Å². The molecule has 0 aliphatic carbocycles. The Morgan fingerprint density at radius 1 is 1.12 bits per heavy atom. The molecule has 25 heavy (non-hydrogen) atoms. The zero-order valence-electron chi connectivity index (χ0n) is 13.7. The van der Waals surface area contributed by atoms with Gasteiger partial charge in [-0.25, -0.2) is 9.78 Å². The molecule has 7 heteroatoms. The second-order valence-corrected chi connectivity index (χ2v) is 6.29. The van der Waals surface area contributed by atoms with Gasteiger partial charge in [-0.3, -0.25) is 10.1 Å². The molecule has 0 unspecified atom stereocenters. The van der Waals surface area contributed by atoms with Crippen molar-refractivity contribution in [3.8, 4) is 0 Å². The monoisotopic (exact) mass is 337 g/mol.